The number of carbonyl (C=O) groups is 1. The van der Waals surface area contributed by atoms with Gasteiger partial charge in [0.1, 0.15) is 11.3 Å². The van der Waals surface area contributed by atoms with Gasteiger partial charge in [0.25, 0.3) is 5.56 Å². The molecule has 0 saturated heterocycles. The second-order valence-corrected chi connectivity index (χ2v) is 7.74. The number of nitrogens with zero attached hydrogens (tertiary/aromatic N) is 3. The lowest BCUT2D eigenvalue weighted by Gasteiger charge is -2.08. The van der Waals surface area contributed by atoms with E-state index in [2.05, 4.69) is 20.6 Å². The third-order valence-corrected chi connectivity index (χ3v) is 5.69. The van der Waals surface area contributed by atoms with Gasteiger partial charge in [-0.05, 0) is 48.5 Å². The van der Waals surface area contributed by atoms with Gasteiger partial charge in [-0.25, -0.2) is 9.61 Å². The van der Waals surface area contributed by atoms with Crippen LogP contribution in [0.1, 0.15) is 0 Å². The van der Waals surface area contributed by atoms with Gasteiger partial charge in [-0.2, -0.15) is 5.10 Å². The van der Waals surface area contributed by atoms with Crippen molar-refractivity contribution in [2.24, 2.45) is 0 Å². The van der Waals surface area contributed by atoms with Crippen LogP contribution in [0.15, 0.2) is 58.5 Å². The van der Waals surface area contributed by atoms with Gasteiger partial charge in [-0.3, -0.25) is 9.59 Å². The number of aromatic nitrogens is 4. The zero-order valence-electron chi connectivity index (χ0n) is 18.1. The number of carbonyl (C=O) groups excluding carboxylic acids is 1. The van der Waals surface area contributed by atoms with Crippen molar-refractivity contribution in [1.82, 2.24) is 19.8 Å². The van der Waals surface area contributed by atoms with Crippen molar-refractivity contribution in [2.75, 3.05) is 32.4 Å². The Morgan fingerprint density at radius 2 is 1.79 bits per heavy atom. The highest BCUT2D eigenvalue weighted by Crippen LogP contribution is 2.32. The fraction of sp³-hybridized carbons (Fsp3) is 0.182. The van der Waals surface area contributed by atoms with Crippen LogP contribution in [0, 0.1) is 0 Å². The van der Waals surface area contributed by atoms with E-state index >= 15 is 0 Å². The predicted molar refractivity (Wildman–Crippen MR) is 124 cm³/mol. The molecular formula is C22H21N5O5S. The minimum absolute atomic E-state index is 0.0751. The summed E-state index contributed by atoms with van der Waals surface area (Å²) >= 11 is 1.15. The molecule has 0 bridgehead atoms. The number of benzene rings is 2. The molecule has 0 aliphatic carbocycles. The summed E-state index contributed by atoms with van der Waals surface area (Å²) in [5.74, 6) is 1.68. The maximum absolute atomic E-state index is 12.4. The summed E-state index contributed by atoms with van der Waals surface area (Å²) in [6.07, 6.45) is 0. The summed E-state index contributed by atoms with van der Waals surface area (Å²) in [5, 5.41) is 14.2. The molecule has 11 heteroatoms. The summed E-state index contributed by atoms with van der Waals surface area (Å²) in [7, 11) is 4.68. The molecule has 2 N–H and O–H groups in total. The standard InChI is InChI=1S/C22H21N5O5S/c1-30-15-7-5-14(6-8-15)23-20(28)12-33-22-25-24-21(29)17-11-16(26-27(17)22)13-4-9-18(31-2)19(10-13)32-3/h4-11H,12H2,1-3H3,(H,23,28)(H,24,29). The van der Waals surface area contributed by atoms with E-state index in [1.807, 2.05) is 6.07 Å². The Morgan fingerprint density at radius 3 is 2.48 bits per heavy atom. The number of ether oxygens (including phenoxy) is 3. The van der Waals surface area contributed by atoms with Gasteiger partial charge in [-0.15, -0.1) is 5.10 Å². The number of thioether (sulfide) groups is 1. The largest absolute Gasteiger partial charge is 0.497 e. The molecule has 1 amide bonds. The molecule has 0 aliphatic heterocycles. The van der Waals surface area contributed by atoms with Gasteiger partial charge in [0.2, 0.25) is 11.1 Å². The number of aromatic amines is 1. The van der Waals surface area contributed by atoms with Crippen molar-refractivity contribution >= 4 is 28.9 Å². The SMILES string of the molecule is COc1ccc(NC(=O)CSc2n[nH]c(=O)c3cc(-c4ccc(OC)c(OC)c4)nn23)cc1. The highest BCUT2D eigenvalue weighted by molar-refractivity contribution is 7.99. The lowest BCUT2D eigenvalue weighted by Crippen LogP contribution is -2.17. The van der Waals surface area contributed by atoms with Gasteiger partial charge in [-0.1, -0.05) is 11.8 Å². The first-order valence-electron chi connectivity index (χ1n) is 9.80. The van der Waals surface area contributed by atoms with Crippen LogP contribution in [-0.2, 0) is 4.79 Å². The molecule has 2 aromatic heterocycles. The van der Waals surface area contributed by atoms with E-state index < -0.39 is 0 Å². The summed E-state index contributed by atoms with van der Waals surface area (Å²) in [5.41, 5.74) is 1.87. The molecule has 2 heterocycles. The van der Waals surface area contributed by atoms with E-state index in [9.17, 15) is 9.59 Å². The first-order valence-corrected chi connectivity index (χ1v) is 10.8. The number of H-pyrrole nitrogens is 1. The minimum Gasteiger partial charge on any atom is -0.497 e. The lowest BCUT2D eigenvalue weighted by atomic mass is 10.1. The molecule has 0 atom stereocenters. The highest BCUT2D eigenvalue weighted by Gasteiger charge is 2.15. The van der Waals surface area contributed by atoms with Crippen molar-refractivity contribution in [2.45, 2.75) is 5.16 Å². The molecule has 10 nitrogen and oxygen atoms in total. The third kappa shape index (κ3) is 4.77. The number of fused-ring (bicyclic) bond motifs is 1. The zero-order chi connectivity index (χ0) is 23.4. The Balaban J connectivity index is 1.55. The molecule has 0 spiro atoms. The molecule has 4 aromatic rings. The maximum atomic E-state index is 12.4. The van der Waals surface area contributed by atoms with Crippen molar-refractivity contribution in [1.29, 1.82) is 0 Å². The first kappa shape index (κ1) is 22.2. The normalized spacial score (nSPS) is 10.8. The van der Waals surface area contributed by atoms with Crippen molar-refractivity contribution < 1.29 is 19.0 Å². The van der Waals surface area contributed by atoms with Crippen LogP contribution in [0.5, 0.6) is 17.2 Å². The fourth-order valence-electron chi connectivity index (χ4n) is 3.12. The topological polar surface area (TPSA) is 120 Å². The Hall–Kier alpha value is -3.99. The molecule has 0 radical (unpaired) electrons. The highest BCUT2D eigenvalue weighted by atomic mass is 32.2. The summed E-state index contributed by atoms with van der Waals surface area (Å²) in [6.45, 7) is 0. The van der Waals surface area contributed by atoms with Crippen molar-refractivity contribution in [3.05, 3.63) is 58.9 Å². The van der Waals surface area contributed by atoms with Gasteiger partial charge in [0, 0.05) is 11.3 Å². The number of anilines is 1. The maximum Gasteiger partial charge on any atom is 0.290 e. The van der Waals surface area contributed by atoms with E-state index in [-0.39, 0.29) is 17.2 Å². The summed E-state index contributed by atoms with van der Waals surface area (Å²) < 4.78 is 17.2. The molecule has 0 aliphatic rings. The number of methoxy groups -OCH3 is 3. The Labute approximate surface area is 192 Å². The first-order chi connectivity index (χ1) is 16.0. The zero-order valence-corrected chi connectivity index (χ0v) is 18.9. The number of amides is 1. The van der Waals surface area contributed by atoms with E-state index in [1.165, 1.54) is 4.52 Å². The van der Waals surface area contributed by atoms with Crippen LogP contribution in [-0.4, -0.2) is 52.8 Å². The van der Waals surface area contributed by atoms with Crippen molar-refractivity contribution in [3.63, 3.8) is 0 Å². The van der Waals surface area contributed by atoms with Gasteiger partial charge in [0.05, 0.1) is 32.8 Å². The molecular weight excluding hydrogens is 446 g/mol. The number of hydrogen-bond donors (Lipinski definition) is 2. The average molecular weight is 468 g/mol. The van der Waals surface area contributed by atoms with Crippen LogP contribution in [0.3, 0.4) is 0 Å². The van der Waals surface area contributed by atoms with Crippen LogP contribution >= 0.6 is 11.8 Å². The van der Waals surface area contributed by atoms with Gasteiger partial charge < -0.3 is 19.5 Å². The molecule has 0 fully saturated rings. The van der Waals surface area contributed by atoms with Gasteiger partial charge in [0.15, 0.2) is 11.5 Å². The summed E-state index contributed by atoms with van der Waals surface area (Å²) in [4.78, 5) is 24.7. The molecule has 0 saturated carbocycles. The van der Waals surface area contributed by atoms with E-state index in [0.29, 0.717) is 39.3 Å². The third-order valence-electron chi connectivity index (χ3n) is 4.76. The van der Waals surface area contributed by atoms with Crippen molar-refractivity contribution in [3.8, 4) is 28.5 Å². The number of nitrogens with one attached hydrogen (secondary N) is 2. The lowest BCUT2D eigenvalue weighted by molar-refractivity contribution is -0.113. The summed E-state index contributed by atoms with van der Waals surface area (Å²) in [6, 6.07) is 14.0. The minimum atomic E-state index is -0.388. The van der Waals surface area contributed by atoms with Crippen LogP contribution in [0.25, 0.3) is 16.8 Å². The van der Waals surface area contributed by atoms with Crippen LogP contribution in [0.2, 0.25) is 0 Å². The Morgan fingerprint density at radius 1 is 1.03 bits per heavy atom. The number of rotatable bonds is 8. The average Bonchev–Trinajstić information content (AvgIpc) is 3.30. The van der Waals surface area contributed by atoms with Crippen LogP contribution < -0.4 is 25.1 Å². The molecule has 33 heavy (non-hydrogen) atoms. The Bertz CT molecular complexity index is 1350. The van der Waals surface area contributed by atoms with Crippen LogP contribution in [0.4, 0.5) is 5.69 Å². The molecule has 170 valence electrons. The monoisotopic (exact) mass is 467 g/mol. The van der Waals surface area contributed by atoms with Gasteiger partial charge >= 0.3 is 0 Å². The molecule has 2 aromatic carbocycles. The fourth-order valence-corrected chi connectivity index (χ4v) is 3.83. The smallest absolute Gasteiger partial charge is 0.290 e. The van der Waals surface area contributed by atoms with E-state index in [4.69, 9.17) is 14.2 Å². The van der Waals surface area contributed by atoms with E-state index in [1.54, 1.807) is 63.8 Å². The quantitative estimate of drug-likeness (QED) is 0.380. The Kier molecular flexibility index (Phi) is 6.50. The number of hydrogen-bond acceptors (Lipinski definition) is 8. The molecule has 4 rings (SSSR count). The predicted octanol–water partition coefficient (Wildman–Crippen LogP) is 2.84. The van der Waals surface area contributed by atoms with E-state index in [0.717, 1.165) is 17.3 Å². The second kappa shape index (κ2) is 9.65. The second-order valence-electron chi connectivity index (χ2n) is 6.80. The molecule has 0 unspecified atom stereocenters.